The predicted molar refractivity (Wildman–Crippen MR) is 85.1 cm³/mol. The molecule has 1 aromatic carbocycles. The molecule has 0 N–H and O–H groups in total. The molecule has 4 nitrogen and oxygen atoms in total. The fourth-order valence-electron chi connectivity index (χ4n) is 3.32. The molecule has 0 saturated carbocycles. The van der Waals surface area contributed by atoms with Gasteiger partial charge in [0.05, 0.1) is 0 Å². The molecule has 2 aliphatic rings. The van der Waals surface area contributed by atoms with Gasteiger partial charge in [0.25, 0.3) is 0 Å². The normalized spacial score (nSPS) is 23.6. The summed E-state index contributed by atoms with van der Waals surface area (Å²) in [5, 5.41) is 1.50. The van der Waals surface area contributed by atoms with E-state index in [0.29, 0.717) is 0 Å². The predicted octanol–water partition coefficient (Wildman–Crippen LogP) is 1.19. The summed E-state index contributed by atoms with van der Waals surface area (Å²) in [4.78, 5) is 0. The summed E-state index contributed by atoms with van der Waals surface area (Å²) >= 11 is 0. The van der Waals surface area contributed by atoms with Crippen molar-refractivity contribution in [2.24, 2.45) is 0 Å². The van der Waals surface area contributed by atoms with Gasteiger partial charge >= 0.3 is 121 Å². The van der Waals surface area contributed by atoms with Gasteiger partial charge in [-0.05, 0) is 0 Å². The van der Waals surface area contributed by atoms with Crippen molar-refractivity contribution in [3.05, 3.63) is 30.3 Å². The zero-order valence-corrected chi connectivity index (χ0v) is 13.3. The molecule has 0 unspecified atom stereocenters. The van der Waals surface area contributed by atoms with Gasteiger partial charge in [0.1, 0.15) is 0 Å². The summed E-state index contributed by atoms with van der Waals surface area (Å²) in [6.45, 7) is 10.1. The zero-order chi connectivity index (χ0) is 13.8. The minimum absolute atomic E-state index is 0.861. The molecule has 0 radical (unpaired) electrons. The maximum atomic E-state index is 5.56. The zero-order valence-electron chi connectivity index (χ0n) is 12.3. The summed E-state index contributed by atoms with van der Waals surface area (Å²) in [6.07, 6.45) is 0. The molecule has 3 rings (SSSR count). The van der Waals surface area contributed by atoms with Crippen LogP contribution in [-0.2, 0) is 9.47 Å². The van der Waals surface area contributed by atoms with Crippen molar-refractivity contribution < 1.29 is 9.47 Å². The molecule has 1 aromatic rings. The Kier molecular flexibility index (Phi) is 4.69. The van der Waals surface area contributed by atoms with Gasteiger partial charge in [0.15, 0.2) is 0 Å². The summed E-state index contributed by atoms with van der Waals surface area (Å²) < 4.78 is 16.5. The quantitative estimate of drug-likeness (QED) is 0.782. The van der Waals surface area contributed by atoms with Crippen LogP contribution in [0.3, 0.4) is 0 Å². The van der Waals surface area contributed by atoms with Crippen LogP contribution < -0.4 is 5.30 Å². The Morgan fingerprint density at radius 3 is 1.70 bits per heavy atom. The first-order chi connectivity index (χ1) is 9.82. The van der Waals surface area contributed by atoms with Crippen LogP contribution in [0, 0.1) is 0 Å². The molecule has 2 aliphatic heterocycles. The molecule has 20 heavy (non-hydrogen) atoms. The first-order valence-electron chi connectivity index (χ1n) is 7.53. The average molecular weight is 296 g/mol. The van der Waals surface area contributed by atoms with E-state index in [9.17, 15) is 0 Å². The number of hydrogen-bond acceptors (Lipinski definition) is 4. The van der Waals surface area contributed by atoms with Crippen molar-refractivity contribution in [2.75, 3.05) is 59.3 Å². The Bertz CT molecular complexity index is 399. The fraction of sp³-hybridized carbons (Fsp3) is 0.600. The van der Waals surface area contributed by atoms with Gasteiger partial charge in [-0.3, -0.25) is 0 Å². The average Bonchev–Trinajstić information content (AvgIpc) is 2.56. The number of benzene rings is 1. The second kappa shape index (κ2) is 6.50. The number of nitrogens with zero attached hydrogens (tertiary/aromatic N) is 2. The van der Waals surface area contributed by atoms with Crippen LogP contribution in [-0.4, -0.2) is 68.6 Å². The summed E-state index contributed by atoms with van der Waals surface area (Å²) in [5.41, 5.74) is 0. The Morgan fingerprint density at radius 1 is 0.800 bits per heavy atom. The number of ether oxygens (including phenoxy) is 2. The molecule has 2 fully saturated rings. The van der Waals surface area contributed by atoms with Gasteiger partial charge < -0.3 is 0 Å². The SMILES string of the molecule is C[PH](c1ccccc1)(N1CCOCC1)N1CCOCC1. The van der Waals surface area contributed by atoms with Crippen LogP contribution in [0.5, 0.6) is 0 Å². The van der Waals surface area contributed by atoms with Crippen LogP contribution in [0.2, 0.25) is 0 Å². The molecule has 2 heterocycles. The maximum absolute atomic E-state index is 5.56. The molecule has 0 spiro atoms. The van der Waals surface area contributed by atoms with E-state index in [2.05, 4.69) is 46.3 Å². The van der Waals surface area contributed by atoms with Gasteiger partial charge in [-0.1, -0.05) is 0 Å². The third-order valence-electron chi connectivity index (χ3n) is 4.57. The molecule has 0 atom stereocenters. The van der Waals surface area contributed by atoms with Crippen molar-refractivity contribution in [2.45, 2.75) is 0 Å². The van der Waals surface area contributed by atoms with E-state index < -0.39 is 7.56 Å². The van der Waals surface area contributed by atoms with Crippen molar-refractivity contribution in [1.29, 1.82) is 0 Å². The van der Waals surface area contributed by atoms with Gasteiger partial charge in [0, 0.05) is 0 Å². The number of hydrogen-bond donors (Lipinski definition) is 0. The van der Waals surface area contributed by atoms with E-state index in [1.54, 1.807) is 0 Å². The van der Waals surface area contributed by atoms with Crippen LogP contribution in [0.15, 0.2) is 30.3 Å². The van der Waals surface area contributed by atoms with Gasteiger partial charge in [-0.25, -0.2) is 0 Å². The van der Waals surface area contributed by atoms with Crippen LogP contribution >= 0.6 is 7.56 Å². The standard InChI is InChI=1S/C15H25N2O2P/c1-20(15-5-3-2-4-6-15,16-7-11-18-12-8-16)17-9-13-19-14-10-17/h2-6,20H,7-14H2,1H3. The van der Waals surface area contributed by atoms with Crippen molar-refractivity contribution in [3.8, 4) is 0 Å². The molecule has 0 aromatic heterocycles. The third kappa shape index (κ3) is 2.76. The van der Waals surface area contributed by atoms with E-state index in [1.807, 2.05) is 0 Å². The first kappa shape index (κ1) is 14.4. The number of rotatable bonds is 3. The van der Waals surface area contributed by atoms with Crippen molar-refractivity contribution in [3.63, 3.8) is 0 Å². The van der Waals surface area contributed by atoms with Crippen LogP contribution in [0.25, 0.3) is 0 Å². The van der Waals surface area contributed by atoms with E-state index in [0.717, 1.165) is 52.6 Å². The fourth-order valence-corrected chi connectivity index (χ4v) is 7.38. The summed E-state index contributed by atoms with van der Waals surface area (Å²) in [6, 6.07) is 11.0. The Hall–Kier alpha value is -0.510. The molecular weight excluding hydrogens is 271 g/mol. The molecule has 0 amide bonds. The molecule has 5 heteroatoms. The molecule has 0 aliphatic carbocycles. The second-order valence-corrected chi connectivity index (χ2v) is 9.47. The summed E-state index contributed by atoms with van der Waals surface area (Å²) in [7, 11) is -1.82. The Labute approximate surface area is 122 Å². The molecule has 2 saturated heterocycles. The molecule has 0 bridgehead atoms. The van der Waals surface area contributed by atoms with Gasteiger partial charge in [-0.15, -0.1) is 0 Å². The third-order valence-corrected chi connectivity index (χ3v) is 9.36. The minimum atomic E-state index is -1.82. The topological polar surface area (TPSA) is 24.9 Å². The Balaban J connectivity index is 1.92. The first-order valence-corrected chi connectivity index (χ1v) is 9.92. The second-order valence-electron chi connectivity index (χ2n) is 5.59. The Morgan fingerprint density at radius 2 is 1.25 bits per heavy atom. The van der Waals surface area contributed by atoms with Crippen LogP contribution in [0.1, 0.15) is 0 Å². The van der Waals surface area contributed by atoms with E-state index in [4.69, 9.17) is 9.47 Å². The monoisotopic (exact) mass is 296 g/mol. The summed E-state index contributed by atoms with van der Waals surface area (Å²) in [5.74, 6) is 0. The van der Waals surface area contributed by atoms with E-state index >= 15 is 0 Å². The van der Waals surface area contributed by atoms with Gasteiger partial charge in [0.2, 0.25) is 0 Å². The van der Waals surface area contributed by atoms with Crippen molar-refractivity contribution in [1.82, 2.24) is 9.34 Å². The van der Waals surface area contributed by atoms with Crippen LogP contribution in [0.4, 0.5) is 0 Å². The van der Waals surface area contributed by atoms with Crippen molar-refractivity contribution >= 4 is 12.9 Å². The molecule has 112 valence electrons. The van der Waals surface area contributed by atoms with E-state index in [1.165, 1.54) is 5.30 Å². The van der Waals surface area contributed by atoms with Gasteiger partial charge in [-0.2, -0.15) is 0 Å². The number of morpholine rings is 2. The molecular formula is C15H25N2O2P. The van der Waals surface area contributed by atoms with E-state index in [-0.39, 0.29) is 0 Å².